The van der Waals surface area contributed by atoms with Crippen molar-refractivity contribution in [2.75, 3.05) is 13.1 Å². The molecule has 1 aromatic heterocycles. The smallest absolute Gasteiger partial charge is 0.243 e. The number of hydrogen-bond donors (Lipinski definition) is 1. The van der Waals surface area contributed by atoms with Crippen molar-refractivity contribution in [3.8, 4) is 11.3 Å². The minimum Gasteiger partial charge on any atom is -0.369 e. The van der Waals surface area contributed by atoms with Crippen LogP contribution in [0.5, 0.6) is 0 Å². The van der Waals surface area contributed by atoms with Crippen molar-refractivity contribution in [2.45, 2.75) is 25.2 Å². The van der Waals surface area contributed by atoms with Crippen LogP contribution in [0.4, 0.5) is 0 Å². The zero-order valence-electron chi connectivity index (χ0n) is 13.0. The van der Waals surface area contributed by atoms with Crippen molar-refractivity contribution in [1.82, 2.24) is 9.29 Å². The van der Waals surface area contributed by atoms with Gasteiger partial charge in [-0.25, -0.2) is 13.4 Å². The molecule has 1 amide bonds. The molecule has 0 unspecified atom stereocenters. The molecule has 0 spiro atoms. The van der Waals surface area contributed by atoms with Crippen LogP contribution in [0.3, 0.4) is 0 Å². The van der Waals surface area contributed by atoms with Gasteiger partial charge in [0, 0.05) is 24.0 Å². The summed E-state index contributed by atoms with van der Waals surface area (Å²) in [5.41, 5.74) is 6.66. The molecule has 0 saturated carbocycles. The molecule has 0 aliphatic rings. The number of nitrogens with two attached hydrogens (primary N) is 1. The molecule has 0 atom stereocenters. The molecular formula is C15H19N3O3S2. The number of thiazole rings is 1. The highest BCUT2D eigenvalue weighted by Crippen LogP contribution is 2.24. The van der Waals surface area contributed by atoms with E-state index in [2.05, 4.69) is 4.98 Å². The summed E-state index contributed by atoms with van der Waals surface area (Å²) in [7, 11) is -3.46. The Morgan fingerprint density at radius 1 is 1.22 bits per heavy atom. The number of rotatable bonds is 7. The third-order valence-corrected chi connectivity index (χ3v) is 6.28. The van der Waals surface area contributed by atoms with E-state index < -0.39 is 15.9 Å². The van der Waals surface area contributed by atoms with E-state index in [9.17, 15) is 13.2 Å². The molecule has 2 rings (SSSR count). The van der Waals surface area contributed by atoms with Crippen LogP contribution in [0.1, 0.15) is 18.9 Å². The van der Waals surface area contributed by atoms with Gasteiger partial charge < -0.3 is 5.73 Å². The first-order valence-electron chi connectivity index (χ1n) is 7.21. The maximum absolute atomic E-state index is 12.4. The summed E-state index contributed by atoms with van der Waals surface area (Å²) in [5, 5.41) is 2.47. The fraction of sp³-hybridized carbons (Fsp3) is 0.333. The van der Waals surface area contributed by atoms with Crippen molar-refractivity contribution < 1.29 is 13.2 Å². The average molecular weight is 353 g/mol. The van der Waals surface area contributed by atoms with Crippen LogP contribution in [0, 0.1) is 0 Å². The fourth-order valence-electron chi connectivity index (χ4n) is 2.18. The monoisotopic (exact) mass is 353 g/mol. The topological polar surface area (TPSA) is 93.4 Å². The number of carbonyl (C=O) groups is 1. The lowest BCUT2D eigenvalue weighted by Gasteiger charge is -2.18. The number of nitrogens with zero attached hydrogens (tertiary/aromatic N) is 2. The Bertz CT molecular complexity index is 779. The number of hydrogen-bond acceptors (Lipinski definition) is 5. The van der Waals surface area contributed by atoms with Gasteiger partial charge in [-0.05, 0) is 12.1 Å². The Morgan fingerprint density at radius 3 is 2.35 bits per heavy atom. The lowest BCUT2D eigenvalue weighted by atomic mass is 10.2. The molecule has 2 N–H and O–H groups in total. The van der Waals surface area contributed by atoms with Crippen molar-refractivity contribution in [1.29, 1.82) is 0 Å². The van der Waals surface area contributed by atoms with Gasteiger partial charge >= 0.3 is 0 Å². The van der Waals surface area contributed by atoms with Gasteiger partial charge in [0.25, 0.3) is 0 Å². The van der Waals surface area contributed by atoms with Gasteiger partial charge in [0.15, 0.2) is 0 Å². The van der Waals surface area contributed by atoms with E-state index in [0.29, 0.717) is 23.8 Å². The molecule has 6 nitrogen and oxygen atoms in total. The fourth-order valence-corrected chi connectivity index (χ4v) is 4.46. The number of primary amides is 1. The molecule has 0 aliphatic heterocycles. The minimum atomic E-state index is -3.46. The van der Waals surface area contributed by atoms with Crippen LogP contribution >= 0.6 is 11.3 Å². The summed E-state index contributed by atoms with van der Waals surface area (Å²) in [6.45, 7) is 4.49. The van der Waals surface area contributed by atoms with Gasteiger partial charge in [0.05, 0.1) is 17.0 Å². The van der Waals surface area contributed by atoms with Gasteiger partial charge in [0.1, 0.15) is 5.01 Å². The summed E-state index contributed by atoms with van der Waals surface area (Å²) < 4.78 is 26.3. The van der Waals surface area contributed by atoms with E-state index in [0.717, 1.165) is 5.56 Å². The number of sulfonamides is 1. The van der Waals surface area contributed by atoms with E-state index in [4.69, 9.17) is 5.73 Å². The molecule has 0 bridgehead atoms. The summed E-state index contributed by atoms with van der Waals surface area (Å²) in [5.74, 6) is -0.424. The van der Waals surface area contributed by atoms with Gasteiger partial charge in [-0.1, -0.05) is 26.0 Å². The molecule has 0 aliphatic carbocycles. The SMILES string of the molecule is CCN(CC)S(=O)(=O)c1ccc(-c2csc(CC(N)=O)n2)cc1. The molecule has 1 aromatic carbocycles. The van der Waals surface area contributed by atoms with E-state index in [1.165, 1.54) is 15.6 Å². The molecular weight excluding hydrogens is 334 g/mol. The van der Waals surface area contributed by atoms with Crippen molar-refractivity contribution in [3.05, 3.63) is 34.7 Å². The molecule has 0 saturated heterocycles. The Hall–Kier alpha value is -1.77. The summed E-state index contributed by atoms with van der Waals surface area (Å²) in [6.07, 6.45) is 0.110. The largest absolute Gasteiger partial charge is 0.369 e. The Kier molecular flexibility index (Phi) is 5.51. The van der Waals surface area contributed by atoms with E-state index in [1.54, 1.807) is 24.3 Å². The zero-order valence-corrected chi connectivity index (χ0v) is 14.7. The van der Waals surface area contributed by atoms with Crippen molar-refractivity contribution in [3.63, 3.8) is 0 Å². The second-order valence-electron chi connectivity index (χ2n) is 4.88. The maximum atomic E-state index is 12.4. The summed E-state index contributed by atoms with van der Waals surface area (Å²) in [6, 6.07) is 6.60. The number of benzene rings is 1. The molecule has 2 aromatic rings. The third kappa shape index (κ3) is 3.95. The second kappa shape index (κ2) is 7.20. The van der Waals surface area contributed by atoms with E-state index in [1.807, 2.05) is 19.2 Å². The highest BCUT2D eigenvalue weighted by atomic mass is 32.2. The lowest BCUT2D eigenvalue weighted by molar-refractivity contribution is -0.117. The van der Waals surface area contributed by atoms with Crippen LogP contribution in [-0.4, -0.2) is 36.7 Å². The van der Waals surface area contributed by atoms with Crippen LogP contribution in [0.15, 0.2) is 34.5 Å². The van der Waals surface area contributed by atoms with Gasteiger partial charge in [-0.3, -0.25) is 4.79 Å². The molecule has 23 heavy (non-hydrogen) atoms. The zero-order chi connectivity index (χ0) is 17.0. The molecule has 1 heterocycles. The minimum absolute atomic E-state index is 0.110. The highest BCUT2D eigenvalue weighted by molar-refractivity contribution is 7.89. The predicted molar refractivity (Wildman–Crippen MR) is 90.6 cm³/mol. The first-order chi connectivity index (χ1) is 10.9. The summed E-state index contributed by atoms with van der Waals surface area (Å²) in [4.78, 5) is 15.5. The Labute approximate surface area is 140 Å². The van der Waals surface area contributed by atoms with Crippen LogP contribution in [0.2, 0.25) is 0 Å². The maximum Gasteiger partial charge on any atom is 0.243 e. The molecule has 8 heteroatoms. The van der Waals surface area contributed by atoms with Gasteiger partial charge in [-0.2, -0.15) is 4.31 Å². The summed E-state index contributed by atoms with van der Waals surface area (Å²) >= 11 is 1.36. The first-order valence-corrected chi connectivity index (χ1v) is 9.53. The van der Waals surface area contributed by atoms with Crippen LogP contribution < -0.4 is 5.73 Å². The molecule has 0 fully saturated rings. The quantitative estimate of drug-likeness (QED) is 0.822. The Morgan fingerprint density at radius 2 is 1.83 bits per heavy atom. The van der Waals surface area contributed by atoms with Crippen molar-refractivity contribution in [2.24, 2.45) is 5.73 Å². The average Bonchev–Trinajstić information content (AvgIpc) is 2.96. The second-order valence-corrected chi connectivity index (χ2v) is 7.76. The van der Waals surface area contributed by atoms with Crippen LogP contribution in [-0.2, 0) is 21.2 Å². The predicted octanol–water partition coefficient (Wildman–Crippen LogP) is 1.87. The number of amides is 1. The van der Waals surface area contributed by atoms with Crippen molar-refractivity contribution >= 4 is 27.3 Å². The first kappa shape index (κ1) is 17.6. The number of aromatic nitrogens is 1. The van der Waals surface area contributed by atoms with Crippen LogP contribution in [0.25, 0.3) is 11.3 Å². The third-order valence-electron chi connectivity index (χ3n) is 3.37. The van der Waals surface area contributed by atoms with E-state index >= 15 is 0 Å². The molecule has 0 radical (unpaired) electrons. The lowest BCUT2D eigenvalue weighted by Crippen LogP contribution is -2.30. The van der Waals surface area contributed by atoms with E-state index in [-0.39, 0.29) is 11.3 Å². The highest BCUT2D eigenvalue weighted by Gasteiger charge is 2.21. The normalized spacial score (nSPS) is 11.8. The number of carbonyl (C=O) groups excluding carboxylic acids is 1. The molecule has 124 valence electrons. The Balaban J connectivity index is 2.26. The standard InChI is InChI=1S/C15H19N3O3S2/c1-3-18(4-2)23(20,21)12-7-5-11(6-8-12)13-10-22-15(17-13)9-14(16)19/h5-8,10H,3-4,9H2,1-2H3,(H2,16,19). The van der Waals surface area contributed by atoms with Gasteiger partial charge in [0.2, 0.25) is 15.9 Å². The van der Waals surface area contributed by atoms with Gasteiger partial charge in [-0.15, -0.1) is 11.3 Å².